The van der Waals surface area contributed by atoms with Gasteiger partial charge in [-0.3, -0.25) is 0 Å². The lowest BCUT2D eigenvalue weighted by Gasteiger charge is -2.31. The summed E-state index contributed by atoms with van der Waals surface area (Å²) in [6.45, 7) is 2.10. The summed E-state index contributed by atoms with van der Waals surface area (Å²) in [7, 11) is -1.11. The first-order valence-corrected chi connectivity index (χ1v) is 9.30. The summed E-state index contributed by atoms with van der Waals surface area (Å²) >= 11 is 0. The predicted octanol–water partition coefficient (Wildman–Crippen LogP) is 5.00. The van der Waals surface area contributed by atoms with Crippen molar-refractivity contribution in [2.75, 3.05) is 0 Å². The first kappa shape index (κ1) is 15.5. The second-order valence-electron chi connectivity index (χ2n) is 5.90. The van der Waals surface area contributed by atoms with Gasteiger partial charge in [0.2, 0.25) is 8.38 Å². The van der Waals surface area contributed by atoms with E-state index in [2.05, 4.69) is 67.6 Å². The van der Waals surface area contributed by atoms with Crippen LogP contribution >= 0.6 is 8.38 Å². The Labute approximate surface area is 144 Å². The molecule has 1 fully saturated rings. The SMILES string of the molecule is C[C@@H]1O[P@](c2ccccc2)OC1(c1ccccc1)c1ccccc1. The smallest absolute Gasteiger partial charge is 0.206 e. The van der Waals surface area contributed by atoms with Crippen molar-refractivity contribution in [1.82, 2.24) is 0 Å². The van der Waals surface area contributed by atoms with E-state index in [-0.39, 0.29) is 6.10 Å². The first-order chi connectivity index (χ1) is 11.8. The van der Waals surface area contributed by atoms with Crippen LogP contribution in [0.4, 0.5) is 0 Å². The van der Waals surface area contributed by atoms with Crippen molar-refractivity contribution >= 4 is 13.7 Å². The van der Waals surface area contributed by atoms with Crippen LogP contribution in [0, 0.1) is 0 Å². The van der Waals surface area contributed by atoms with Crippen molar-refractivity contribution in [2.24, 2.45) is 0 Å². The van der Waals surface area contributed by atoms with Crippen LogP contribution in [0.1, 0.15) is 18.1 Å². The highest BCUT2D eigenvalue weighted by molar-refractivity contribution is 7.56. The molecule has 0 amide bonds. The van der Waals surface area contributed by atoms with Crippen LogP contribution in [0.15, 0.2) is 91.0 Å². The quantitative estimate of drug-likeness (QED) is 0.627. The Morgan fingerprint density at radius 2 is 1.17 bits per heavy atom. The van der Waals surface area contributed by atoms with Crippen molar-refractivity contribution in [3.63, 3.8) is 0 Å². The molecule has 0 bridgehead atoms. The van der Waals surface area contributed by atoms with E-state index in [1.807, 2.05) is 30.3 Å². The van der Waals surface area contributed by atoms with Gasteiger partial charge < -0.3 is 9.05 Å². The molecule has 24 heavy (non-hydrogen) atoms. The third kappa shape index (κ3) is 2.57. The lowest BCUT2D eigenvalue weighted by Crippen LogP contribution is -2.36. The highest BCUT2D eigenvalue weighted by Crippen LogP contribution is 2.58. The van der Waals surface area contributed by atoms with Crippen LogP contribution in [0.5, 0.6) is 0 Å². The number of hydrogen-bond acceptors (Lipinski definition) is 2. The summed E-state index contributed by atoms with van der Waals surface area (Å²) in [5.74, 6) is 0. The Hall–Kier alpha value is -1.99. The molecular weight excluding hydrogens is 315 g/mol. The predicted molar refractivity (Wildman–Crippen MR) is 98.3 cm³/mol. The molecule has 120 valence electrons. The van der Waals surface area contributed by atoms with E-state index in [9.17, 15) is 0 Å². The highest BCUT2D eigenvalue weighted by atomic mass is 31.2. The summed E-state index contributed by atoms with van der Waals surface area (Å²) < 4.78 is 13.0. The number of benzene rings is 3. The van der Waals surface area contributed by atoms with Gasteiger partial charge in [-0.2, -0.15) is 0 Å². The van der Waals surface area contributed by atoms with Crippen LogP contribution in [-0.4, -0.2) is 6.10 Å². The summed E-state index contributed by atoms with van der Waals surface area (Å²) in [6.07, 6.45) is -0.0754. The molecule has 0 N–H and O–H groups in total. The normalized spacial score (nSPS) is 22.4. The van der Waals surface area contributed by atoms with Crippen molar-refractivity contribution in [2.45, 2.75) is 18.6 Å². The maximum Gasteiger partial charge on any atom is 0.206 e. The van der Waals surface area contributed by atoms with Gasteiger partial charge in [-0.15, -0.1) is 0 Å². The molecule has 2 nitrogen and oxygen atoms in total. The lowest BCUT2D eigenvalue weighted by molar-refractivity contribution is 0.0859. The summed E-state index contributed by atoms with van der Waals surface area (Å²) in [5.41, 5.74) is 1.68. The molecule has 0 spiro atoms. The second kappa shape index (κ2) is 6.49. The largest absolute Gasteiger partial charge is 0.324 e. The van der Waals surface area contributed by atoms with Gasteiger partial charge in [0.05, 0.1) is 6.10 Å². The Morgan fingerprint density at radius 1 is 0.708 bits per heavy atom. The standard InChI is InChI=1S/C21H19O2P/c1-17-21(18-11-5-2-6-12-18,19-13-7-3-8-14-19)23-24(22-17)20-15-9-4-10-16-20/h2-17H,1H3/t17-,24-/m0/s1. The van der Waals surface area contributed by atoms with Gasteiger partial charge in [0.1, 0.15) is 0 Å². The molecular formula is C21H19O2P. The van der Waals surface area contributed by atoms with E-state index < -0.39 is 14.0 Å². The first-order valence-electron chi connectivity index (χ1n) is 8.13. The molecule has 4 rings (SSSR count). The van der Waals surface area contributed by atoms with Crippen LogP contribution in [-0.2, 0) is 14.6 Å². The zero-order valence-electron chi connectivity index (χ0n) is 13.5. The topological polar surface area (TPSA) is 18.5 Å². The van der Waals surface area contributed by atoms with Gasteiger partial charge in [-0.25, -0.2) is 0 Å². The molecule has 0 saturated carbocycles. The average molecular weight is 334 g/mol. The van der Waals surface area contributed by atoms with Gasteiger partial charge >= 0.3 is 0 Å². The van der Waals surface area contributed by atoms with Gasteiger partial charge in [-0.1, -0.05) is 78.9 Å². The zero-order valence-corrected chi connectivity index (χ0v) is 14.4. The molecule has 0 radical (unpaired) electrons. The molecule has 0 unspecified atom stereocenters. The van der Waals surface area contributed by atoms with Gasteiger partial charge in [0, 0.05) is 5.30 Å². The molecule has 3 heteroatoms. The highest BCUT2D eigenvalue weighted by Gasteiger charge is 2.51. The molecule has 1 heterocycles. The van der Waals surface area contributed by atoms with Crippen molar-refractivity contribution in [1.29, 1.82) is 0 Å². The molecule has 1 aliphatic heterocycles. The summed E-state index contributed by atoms with van der Waals surface area (Å²) in [4.78, 5) is 0. The van der Waals surface area contributed by atoms with Gasteiger partial charge in [-0.05, 0) is 30.2 Å². The zero-order chi connectivity index (χ0) is 16.4. The van der Waals surface area contributed by atoms with Crippen LogP contribution in [0.25, 0.3) is 0 Å². The molecule has 0 aliphatic carbocycles. The summed E-state index contributed by atoms with van der Waals surface area (Å²) in [6, 6.07) is 31.0. The second-order valence-corrected chi connectivity index (χ2v) is 7.32. The van der Waals surface area contributed by atoms with Crippen LogP contribution in [0.3, 0.4) is 0 Å². The van der Waals surface area contributed by atoms with Crippen LogP contribution < -0.4 is 5.30 Å². The molecule has 0 aromatic heterocycles. The molecule has 1 saturated heterocycles. The number of rotatable bonds is 3. The van der Waals surface area contributed by atoms with Crippen molar-refractivity contribution < 1.29 is 9.05 Å². The fraction of sp³-hybridized carbons (Fsp3) is 0.143. The van der Waals surface area contributed by atoms with Gasteiger partial charge in [0.15, 0.2) is 5.60 Å². The molecule has 1 aliphatic rings. The fourth-order valence-corrected chi connectivity index (χ4v) is 4.96. The fourth-order valence-electron chi connectivity index (χ4n) is 3.22. The summed E-state index contributed by atoms with van der Waals surface area (Å²) in [5, 5.41) is 1.10. The Bertz CT molecular complexity index is 750. The number of hydrogen-bond donors (Lipinski definition) is 0. The van der Waals surface area contributed by atoms with E-state index in [0.29, 0.717) is 0 Å². The monoisotopic (exact) mass is 334 g/mol. The maximum atomic E-state index is 6.66. The minimum atomic E-state index is -1.11. The van der Waals surface area contributed by atoms with E-state index in [1.165, 1.54) is 0 Å². The molecule has 3 aromatic rings. The van der Waals surface area contributed by atoms with E-state index in [1.54, 1.807) is 0 Å². The lowest BCUT2D eigenvalue weighted by atomic mass is 9.82. The molecule has 2 atom stereocenters. The average Bonchev–Trinajstić information content (AvgIpc) is 3.02. The van der Waals surface area contributed by atoms with E-state index >= 15 is 0 Å². The van der Waals surface area contributed by atoms with E-state index in [0.717, 1.165) is 16.4 Å². The van der Waals surface area contributed by atoms with Crippen molar-refractivity contribution in [3.8, 4) is 0 Å². The minimum Gasteiger partial charge on any atom is -0.324 e. The molecule has 3 aromatic carbocycles. The van der Waals surface area contributed by atoms with Crippen LogP contribution in [0.2, 0.25) is 0 Å². The Balaban J connectivity index is 1.83. The van der Waals surface area contributed by atoms with Crippen molar-refractivity contribution in [3.05, 3.63) is 102 Å². The Kier molecular flexibility index (Phi) is 4.20. The maximum absolute atomic E-state index is 6.66. The third-order valence-electron chi connectivity index (χ3n) is 4.43. The third-order valence-corrected chi connectivity index (χ3v) is 6.11. The Morgan fingerprint density at radius 3 is 1.67 bits per heavy atom. The van der Waals surface area contributed by atoms with Gasteiger partial charge in [0.25, 0.3) is 0 Å². The van der Waals surface area contributed by atoms with E-state index in [4.69, 9.17) is 9.05 Å². The minimum absolute atomic E-state index is 0.0754.